The Labute approximate surface area is 86.3 Å². The Bertz CT molecular complexity index is 292. The molecule has 1 aliphatic rings. The summed E-state index contributed by atoms with van der Waals surface area (Å²) in [5.74, 6) is 1.82. The first-order valence-corrected chi connectivity index (χ1v) is 5.22. The fourth-order valence-electron chi connectivity index (χ4n) is 1.35. The number of halogens is 1. The van der Waals surface area contributed by atoms with Gasteiger partial charge in [0.1, 0.15) is 5.75 Å². The molecular formula is C10H11IO. The van der Waals surface area contributed by atoms with Crippen LogP contribution in [0.1, 0.15) is 24.3 Å². The quantitative estimate of drug-likeness (QED) is 0.753. The van der Waals surface area contributed by atoms with Gasteiger partial charge in [-0.2, -0.15) is 0 Å². The van der Waals surface area contributed by atoms with Crippen molar-refractivity contribution < 1.29 is 4.74 Å². The maximum Gasteiger partial charge on any atom is 0.132 e. The molecule has 0 saturated heterocycles. The summed E-state index contributed by atoms with van der Waals surface area (Å²) in [5.41, 5.74) is 1.47. The first kappa shape index (κ1) is 8.35. The van der Waals surface area contributed by atoms with Crippen LogP contribution in [0, 0.1) is 3.57 Å². The van der Waals surface area contributed by atoms with E-state index in [1.807, 2.05) is 0 Å². The molecule has 0 unspecified atom stereocenters. The summed E-state index contributed by atoms with van der Waals surface area (Å²) in [5, 5.41) is 0. The predicted molar refractivity (Wildman–Crippen MR) is 57.7 cm³/mol. The molecule has 1 saturated carbocycles. The minimum Gasteiger partial charge on any atom is -0.496 e. The van der Waals surface area contributed by atoms with E-state index in [2.05, 4.69) is 40.8 Å². The van der Waals surface area contributed by atoms with Gasteiger partial charge in [-0.1, -0.05) is 6.07 Å². The summed E-state index contributed by atoms with van der Waals surface area (Å²) in [4.78, 5) is 0. The van der Waals surface area contributed by atoms with E-state index in [1.165, 1.54) is 22.0 Å². The van der Waals surface area contributed by atoms with Crippen LogP contribution in [-0.4, -0.2) is 7.11 Å². The maximum absolute atomic E-state index is 5.19. The molecule has 2 rings (SSSR count). The Morgan fingerprint density at radius 2 is 2.17 bits per heavy atom. The molecule has 0 radical (unpaired) electrons. The second kappa shape index (κ2) is 3.24. The number of hydrogen-bond acceptors (Lipinski definition) is 1. The highest BCUT2D eigenvalue weighted by atomic mass is 127. The summed E-state index contributed by atoms with van der Waals surface area (Å²) < 4.78 is 6.41. The van der Waals surface area contributed by atoms with Crippen LogP contribution >= 0.6 is 22.6 Å². The van der Waals surface area contributed by atoms with Gasteiger partial charge in [-0.25, -0.2) is 0 Å². The molecule has 64 valence electrons. The Balaban J connectivity index is 2.30. The monoisotopic (exact) mass is 274 g/mol. The first-order chi connectivity index (χ1) is 5.81. The van der Waals surface area contributed by atoms with Gasteiger partial charge in [0.2, 0.25) is 0 Å². The predicted octanol–water partition coefficient (Wildman–Crippen LogP) is 3.18. The summed E-state index contributed by atoms with van der Waals surface area (Å²) in [6, 6.07) is 6.48. The normalized spacial score (nSPS) is 16.2. The van der Waals surface area contributed by atoms with Crippen LogP contribution < -0.4 is 4.74 Å². The van der Waals surface area contributed by atoms with Crippen LogP contribution in [0.25, 0.3) is 0 Å². The van der Waals surface area contributed by atoms with E-state index in [0.29, 0.717) is 0 Å². The lowest BCUT2D eigenvalue weighted by atomic mass is 10.1. The van der Waals surface area contributed by atoms with Crippen molar-refractivity contribution in [1.82, 2.24) is 0 Å². The second-order valence-electron chi connectivity index (χ2n) is 3.17. The van der Waals surface area contributed by atoms with Gasteiger partial charge in [0.25, 0.3) is 0 Å². The highest BCUT2D eigenvalue weighted by molar-refractivity contribution is 14.1. The second-order valence-corrected chi connectivity index (χ2v) is 4.33. The minimum absolute atomic E-state index is 0.837. The Morgan fingerprint density at radius 3 is 2.67 bits per heavy atom. The molecule has 12 heavy (non-hydrogen) atoms. The average Bonchev–Trinajstić information content (AvgIpc) is 2.86. The average molecular weight is 274 g/mol. The van der Waals surface area contributed by atoms with Crippen molar-refractivity contribution >= 4 is 22.6 Å². The lowest BCUT2D eigenvalue weighted by molar-refractivity contribution is 0.411. The van der Waals surface area contributed by atoms with Gasteiger partial charge in [-0.05, 0) is 59.0 Å². The first-order valence-electron chi connectivity index (χ1n) is 4.14. The molecule has 1 aromatic carbocycles. The van der Waals surface area contributed by atoms with Crippen molar-refractivity contribution in [2.45, 2.75) is 18.8 Å². The third-order valence-electron chi connectivity index (χ3n) is 2.22. The number of benzene rings is 1. The van der Waals surface area contributed by atoms with E-state index in [0.717, 1.165) is 11.7 Å². The highest BCUT2D eigenvalue weighted by Crippen LogP contribution is 2.41. The molecule has 2 heteroatoms. The van der Waals surface area contributed by atoms with Crippen LogP contribution in [0.2, 0.25) is 0 Å². The van der Waals surface area contributed by atoms with Crippen molar-refractivity contribution in [3.05, 3.63) is 27.3 Å². The molecule has 0 spiro atoms. The van der Waals surface area contributed by atoms with Gasteiger partial charge >= 0.3 is 0 Å². The fourth-order valence-corrected chi connectivity index (χ4v) is 2.11. The van der Waals surface area contributed by atoms with Gasteiger partial charge in [0.15, 0.2) is 0 Å². The molecule has 0 aromatic heterocycles. The van der Waals surface area contributed by atoms with Crippen LogP contribution in [0.5, 0.6) is 5.75 Å². The largest absolute Gasteiger partial charge is 0.496 e. The maximum atomic E-state index is 5.19. The zero-order chi connectivity index (χ0) is 8.55. The fraction of sp³-hybridized carbons (Fsp3) is 0.400. The van der Waals surface area contributed by atoms with Crippen molar-refractivity contribution in [2.75, 3.05) is 7.11 Å². The third-order valence-corrected chi connectivity index (χ3v) is 3.07. The van der Waals surface area contributed by atoms with E-state index in [4.69, 9.17) is 4.74 Å². The molecule has 1 nitrogen and oxygen atoms in total. The van der Waals surface area contributed by atoms with Crippen LogP contribution in [-0.2, 0) is 0 Å². The lowest BCUT2D eigenvalue weighted by Crippen LogP contribution is -1.88. The number of ether oxygens (including phenoxy) is 1. The Kier molecular flexibility index (Phi) is 2.26. The minimum atomic E-state index is 0.837. The number of rotatable bonds is 2. The Morgan fingerprint density at radius 1 is 1.42 bits per heavy atom. The summed E-state index contributed by atoms with van der Waals surface area (Å²) in [6.07, 6.45) is 2.73. The molecule has 0 amide bonds. The SMILES string of the molecule is COc1ccc(C2CC2)cc1I. The molecule has 1 aromatic rings. The smallest absolute Gasteiger partial charge is 0.132 e. The lowest BCUT2D eigenvalue weighted by Gasteiger charge is -2.04. The van der Waals surface area contributed by atoms with E-state index in [1.54, 1.807) is 7.11 Å². The number of hydrogen-bond donors (Lipinski definition) is 0. The van der Waals surface area contributed by atoms with Gasteiger partial charge in [0, 0.05) is 0 Å². The molecular weight excluding hydrogens is 263 g/mol. The molecule has 0 N–H and O–H groups in total. The van der Waals surface area contributed by atoms with Crippen molar-refractivity contribution in [3.8, 4) is 5.75 Å². The van der Waals surface area contributed by atoms with E-state index in [-0.39, 0.29) is 0 Å². The van der Waals surface area contributed by atoms with Crippen LogP contribution in [0.15, 0.2) is 18.2 Å². The van der Waals surface area contributed by atoms with Gasteiger partial charge < -0.3 is 4.74 Å². The van der Waals surface area contributed by atoms with Gasteiger partial charge in [-0.15, -0.1) is 0 Å². The summed E-state index contributed by atoms with van der Waals surface area (Å²) >= 11 is 2.32. The highest BCUT2D eigenvalue weighted by Gasteiger charge is 2.23. The van der Waals surface area contributed by atoms with E-state index < -0.39 is 0 Å². The van der Waals surface area contributed by atoms with Crippen LogP contribution in [0.4, 0.5) is 0 Å². The molecule has 1 aliphatic carbocycles. The zero-order valence-corrected chi connectivity index (χ0v) is 9.17. The van der Waals surface area contributed by atoms with Crippen LogP contribution in [0.3, 0.4) is 0 Å². The zero-order valence-electron chi connectivity index (χ0n) is 7.01. The molecule has 0 atom stereocenters. The topological polar surface area (TPSA) is 9.23 Å². The number of methoxy groups -OCH3 is 1. The Hall–Kier alpha value is -0.250. The molecule has 1 fully saturated rings. The van der Waals surface area contributed by atoms with Crippen molar-refractivity contribution in [2.24, 2.45) is 0 Å². The molecule has 0 aliphatic heterocycles. The van der Waals surface area contributed by atoms with Gasteiger partial charge in [-0.3, -0.25) is 0 Å². The summed E-state index contributed by atoms with van der Waals surface area (Å²) in [6.45, 7) is 0. The van der Waals surface area contributed by atoms with Crippen molar-refractivity contribution in [3.63, 3.8) is 0 Å². The molecule has 0 heterocycles. The van der Waals surface area contributed by atoms with E-state index in [9.17, 15) is 0 Å². The third kappa shape index (κ3) is 1.58. The van der Waals surface area contributed by atoms with E-state index >= 15 is 0 Å². The van der Waals surface area contributed by atoms with Crippen molar-refractivity contribution in [1.29, 1.82) is 0 Å². The summed E-state index contributed by atoms with van der Waals surface area (Å²) in [7, 11) is 1.72. The molecule has 0 bridgehead atoms. The standard InChI is InChI=1S/C10H11IO/c1-12-10-5-4-8(6-9(10)11)7-2-3-7/h4-7H,2-3H2,1H3. The van der Waals surface area contributed by atoms with Gasteiger partial charge in [0.05, 0.1) is 10.7 Å².